The van der Waals surface area contributed by atoms with E-state index in [1.165, 1.54) is 17.4 Å². The van der Waals surface area contributed by atoms with E-state index >= 15 is 0 Å². The molecule has 1 aliphatic heterocycles. The van der Waals surface area contributed by atoms with Gasteiger partial charge >= 0.3 is 0 Å². The van der Waals surface area contributed by atoms with Crippen LogP contribution in [0.4, 0.5) is 4.39 Å². The van der Waals surface area contributed by atoms with Gasteiger partial charge in [0, 0.05) is 60.5 Å². The Morgan fingerprint density at radius 3 is 2.32 bits per heavy atom. The molecule has 0 saturated carbocycles. The van der Waals surface area contributed by atoms with Crippen molar-refractivity contribution in [3.63, 3.8) is 0 Å². The molecule has 0 bridgehead atoms. The lowest BCUT2D eigenvalue weighted by Gasteiger charge is -2.32. The fourth-order valence-electron chi connectivity index (χ4n) is 5.25. The van der Waals surface area contributed by atoms with Gasteiger partial charge in [-0.1, -0.05) is 44.2 Å². The normalized spacial score (nSPS) is 15.0. The molecule has 2 aromatic heterocycles. The highest BCUT2D eigenvalue weighted by Gasteiger charge is 2.27. The number of ether oxygens (including phenoxy) is 1. The number of piperazine rings is 1. The number of methoxy groups -OCH3 is 1. The topological polar surface area (TPSA) is 57.9 Å². The number of hydrogen-bond donors (Lipinski definition) is 1. The maximum Gasteiger partial charge on any atom is 0.196 e. The zero-order valence-corrected chi connectivity index (χ0v) is 26.3. The van der Waals surface area contributed by atoms with Gasteiger partial charge in [-0.3, -0.25) is 9.69 Å². The molecule has 1 aliphatic rings. The molecule has 222 valence electrons. The minimum atomic E-state index is -0.931. The van der Waals surface area contributed by atoms with Crippen molar-refractivity contribution in [1.29, 1.82) is 0 Å². The summed E-state index contributed by atoms with van der Waals surface area (Å²) in [7, 11) is 3.78. The van der Waals surface area contributed by atoms with E-state index in [4.69, 9.17) is 4.74 Å². The molecule has 0 aliphatic carbocycles. The maximum atomic E-state index is 14.8. The Morgan fingerprint density at radius 2 is 1.66 bits per heavy atom. The fraction of sp³-hybridized carbons (Fsp3) is 0.387. The summed E-state index contributed by atoms with van der Waals surface area (Å²) in [6.07, 6.45) is 0.795. The number of hydrogen-bond acceptors (Lipinski definition) is 6. The first-order valence-electron chi connectivity index (χ1n) is 13.4. The molecule has 0 radical (unpaired) electrons. The Kier molecular flexibility index (Phi) is 11.4. The third kappa shape index (κ3) is 6.79. The Morgan fingerprint density at radius 1 is 1.00 bits per heavy atom. The van der Waals surface area contributed by atoms with Gasteiger partial charge in [0.1, 0.15) is 16.4 Å². The number of pyridine rings is 1. The Bertz CT molecular complexity index is 1530. The fourth-order valence-corrected chi connectivity index (χ4v) is 6.56. The van der Waals surface area contributed by atoms with Crippen molar-refractivity contribution in [3.8, 4) is 16.2 Å². The molecule has 1 unspecified atom stereocenters. The summed E-state index contributed by atoms with van der Waals surface area (Å²) in [5.41, 5.74) is 2.58. The van der Waals surface area contributed by atoms with Crippen LogP contribution >= 0.6 is 36.2 Å². The number of rotatable bonds is 8. The van der Waals surface area contributed by atoms with Crippen molar-refractivity contribution in [2.45, 2.75) is 33.0 Å². The first kappa shape index (κ1) is 33.0. The number of aliphatic hydroxyl groups excluding tert-OH is 1. The largest absolute Gasteiger partial charge is 0.496 e. The highest BCUT2D eigenvalue weighted by atomic mass is 35.5. The van der Waals surface area contributed by atoms with E-state index in [-0.39, 0.29) is 48.5 Å². The van der Waals surface area contributed by atoms with Gasteiger partial charge in [0.2, 0.25) is 0 Å². The Labute approximate surface area is 257 Å². The molecule has 0 amide bonds. The number of nitrogens with zero attached hydrogens (tertiary/aromatic N) is 3. The maximum absolute atomic E-state index is 14.8. The standard InChI is InChI=1S/C31H36FN3O3S.2ClH/c1-20(2)28(36)24-19-35(17-21-9-5-7-11-25(21)32)31-27(29(24)37)23(18-34-15-13-33(3)14-16-34)30(39-31)22-10-6-8-12-26(22)38-4;;/h5-12,19-20,28,36H,13-18H2,1-4H3;2*1H. The number of halogens is 3. The van der Waals surface area contributed by atoms with Crippen LogP contribution in [0.2, 0.25) is 0 Å². The monoisotopic (exact) mass is 621 g/mol. The smallest absolute Gasteiger partial charge is 0.196 e. The van der Waals surface area contributed by atoms with Crippen LogP contribution in [0.5, 0.6) is 5.75 Å². The highest BCUT2D eigenvalue weighted by molar-refractivity contribution is 7.22. The summed E-state index contributed by atoms with van der Waals surface area (Å²) < 4.78 is 22.5. The molecule has 5 rings (SSSR count). The zero-order valence-electron chi connectivity index (χ0n) is 23.8. The van der Waals surface area contributed by atoms with Gasteiger partial charge in [0.15, 0.2) is 5.43 Å². The van der Waals surface area contributed by atoms with E-state index in [9.17, 15) is 14.3 Å². The van der Waals surface area contributed by atoms with E-state index in [2.05, 4.69) is 16.8 Å². The van der Waals surface area contributed by atoms with Crippen molar-refractivity contribution in [2.75, 3.05) is 40.3 Å². The van der Waals surface area contributed by atoms with Crippen LogP contribution in [-0.2, 0) is 13.1 Å². The van der Waals surface area contributed by atoms with Crippen LogP contribution in [0.25, 0.3) is 20.7 Å². The van der Waals surface area contributed by atoms with E-state index < -0.39 is 6.10 Å². The number of thiophene rings is 1. The third-order valence-corrected chi connectivity index (χ3v) is 8.91. The third-order valence-electron chi connectivity index (χ3n) is 7.61. The van der Waals surface area contributed by atoms with Gasteiger partial charge in [-0.05, 0) is 36.7 Å². The average Bonchev–Trinajstić information content (AvgIpc) is 3.31. The van der Waals surface area contributed by atoms with Crippen LogP contribution in [0.1, 0.15) is 36.6 Å². The summed E-state index contributed by atoms with van der Waals surface area (Å²) in [6, 6.07) is 14.6. The molecule has 3 heterocycles. The second kappa shape index (κ2) is 14.1. The minimum absolute atomic E-state index is 0. The zero-order chi connectivity index (χ0) is 27.7. The number of fused-ring (bicyclic) bond motifs is 1. The summed E-state index contributed by atoms with van der Waals surface area (Å²) in [4.78, 5) is 20.6. The van der Waals surface area contributed by atoms with Crippen molar-refractivity contribution >= 4 is 46.4 Å². The number of likely N-dealkylation sites (N-methyl/N-ethyl adjacent to an activating group) is 1. The van der Waals surface area contributed by atoms with E-state index in [1.54, 1.807) is 25.4 Å². The summed E-state index contributed by atoms with van der Waals surface area (Å²) in [5, 5.41) is 11.7. The van der Waals surface area contributed by atoms with Crippen molar-refractivity contribution in [2.24, 2.45) is 5.92 Å². The molecule has 1 saturated heterocycles. The number of benzene rings is 2. The van der Waals surface area contributed by atoms with Crippen molar-refractivity contribution in [1.82, 2.24) is 14.4 Å². The molecule has 2 aromatic carbocycles. The Balaban J connectivity index is 0.00000231. The summed E-state index contributed by atoms with van der Waals surface area (Å²) >= 11 is 1.53. The molecule has 10 heteroatoms. The molecule has 0 spiro atoms. The number of aliphatic hydroxyl groups is 1. The number of aromatic nitrogens is 1. The lowest BCUT2D eigenvalue weighted by atomic mass is 9.97. The lowest BCUT2D eigenvalue weighted by Crippen LogP contribution is -2.44. The first-order chi connectivity index (χ1) is 18.8. The second-order valence-corrected chi connectivity index (χ2v) is 11.7. The predicted octanol–water partition coefficient (Wildman–Crippen LogP) is 6.21. The molecule has 1 atom stereocenters. The molecule has 6 nitrogen and oxygen atoms in total. The van der Waals surface area contributed by atoms with Crippen LogP contribution < -0.4 is 10.2 Å². The van der Waals surface area contributed by atoms with E-state index in [1.807, 2.05) is 48.7 Å². The van der Waals surface area contributed by atoms with E-state index in [0.717, 1.165) is 52.8 Å². The molecule has 4 aromatic rings. The highest BCUT2D eigenvalue weighted by Crippen LogP contribution is 2.42. The molecular formula is C31H38Cl2FN3O3S. The van der Waals surface area contributed by atoms with E-state index in [0.29, 0.717) is 23.1 Å². The number of para-hydroxylation sites is 1. The summed E-state index contributed by atoms with van der Waals surface area (Å²) in [5.74, 6) is 0.291. The molecule has 41 heavy (non-hydrogen) atoms. The molecule has 1 fully saturated rings. The first-order valence-corrected chi connectivity index (χ1v) is 14.2. The van der Waals surface area contributed by atoms with Crippen molar-refractivity contribution in [3.05, 3.63) is 87.5 Å². The Hall–Kier alpha value is -2.46. The average molecular weight is 623 g/mol. The van der Waals surface area contributed by atoms with Gasteiger partial charge in [0.05, 0.1) is 25.1 Å². The van der Waals surface area contributed by atoms with Gasteiger partial charge in [-0.15, -0.1) is 36.2 Å². The van der Waals surface area contributed by atoms with Crippen LogP contribution in [0.15, 0.2) is 59.5 Å². The predicted molar refractivity (Wildman–Crippen MR) is 171 cm³/mol. The van der Waals surface area contributed by atoms with Crippen LogP contribution in [0.3, 0.4) is 0 Å². The molecular weight excluding hydrogens is 584 g/mol. The summed E-state index contributed by atoms with van der Waals surface area (Å²) in [6.45, 7) is 8.37. The van der Waals surface area contributed by atoms with Gasteiger partial charge in [-0.25, -0.2) is 4.39 Å². The quantitative estimate of drug-likeness (QED) is 0.254. The van der Waals surface area contributed by atoms with Crippen molar-refractivity contribution < 1.29 is 14.2 Å². The minimum Gasteiger partial charge on any atom is -0.496 e. The van der Waals surface area contributed by atoms with Gasteiger partial charge in [0.25, 0.3) is 0 Å². The lowest BCUT2D eigenvalue weighted by molar-refractivity contribution is 0.125. The van der Waals surface area contributed by atoms with Crippen LogP contribution in [0, 0.1) is 11.7 Å². The van der Waals surface area contributed by atoms with Gasteiger partial charge < -0.3 is 19.3 Å². The SMILES string of the molecule is COc1ccccc1-c1sc2c(c1CN1CCN(C)CC1)c(=O)c(C(O)C(C)C)cn2Cc1ccccc1F.Cl.Cl. The molecule has 1 N–H and O–H groups in total. The second-order valence-electron chi connectivity index (χ2n) is 10.7. The van der Waals surface area contributed by atoms with Crippen LogP contribution in [-0.4, -0.2) is 59.8 Å². The van der Waals surface area contributed by atoms with Gasteiger partial charge in [-0.2, -0.15) is 0 Å².